The fourth-order valence-corrected chi connectivity index (χ4v) is 3.09. The highest BCUT2D eigenvalue weighted by molar-refractivity contribution is 5.91. The molecule has 154 valence electrons. The van der Waals surface area contributed by atoms with Crippen LogP contribution in [0.25, 0.3) is 0 Å². The Hall–Kier alpha value is -3.02. The number of amides is 1. The van der Waals surface area contributed by atoms with Crippen molar-refractivity contribution < 1.29 is 13.9 Å². The van der Waals surface area contributed by atoms with Gasteiger partial charge in [0.25, 0.3) is 5.91 Å². The predicted octanol–water partition coefficient (Wildman–Crippen LogP) is 4.62. The Morgan fingerprint density at radius 3 is 2.76 bits per heavy atom. The molecule has 29 heavy (non-hydrogen) atoms. The summed E-state index contributed by atoms with van der Waals surface area (Å²) in [6.45, 7) is 9.89. The molecule has 1 aromatic carbocycles. The lowest BCUT2D eigenvalue weighted by molar-refractivity contribution is 0.0920. The second-order valence-electron chi connectivity index (χ2n) is 7.58. The van der Waals surface area contributed by atoms with E-state index < -0.39 is 0 Å². The summed E-state index contributed by atoms with van der Waals surface area (Å²) in [5.41, 5.74) is 3.30. The number of aryl methyl sites for hydroxylation is 3. The Bertz CT molecular complexity index is 956. The molecule has 0 saturated heterocycles. The highest BCUT2D eigenvalue weighted by atomic mass is 16.5. The molecule has 0 spiro atoms. The normalized spacial score (nSPS) is 11.1. The van der Waals surface area contributed by atoms with E-state index in [1.807, 2.05) is 36.9 Å². The van der Waals surface area contributed by atoms with E-state index in [2.05, 4.69) is 36.4 Å². The first-order chi connectivity index (χ1) is 13.9. The van der Waals surface area contributed by atoms with Gasteiger partial charge in [-0.3, -0.25) is 9.48 Å². The molecule has 0 radical (unpaired) electrons. The fourth-order valence-electron chi connectivity index (χ4n) is 3.09. The van der Waals surface area contributed by atoms with Crippen LogP contribution in [0, 0.1) is 13.8 Å². The topological polar surface area (TPSA) is 69.3 Å². The molecule has 1 N–H and O–H groups in total. The minimum Gasteiger partial charge on any atom is -0.485 e. The van der Waals surface area contributed by atoms with Gasteiger partial charge < -0.3 is 14.5 Å². The molecule has 0 fully saturated rings. The number of aromatic nitrogens is 2. The zero-order chi connectivity index (χ0) is 20.8. The third-order valence-electron chi connectivity index (χ3n) is 4.67. The zero-order valence-electron chi connectivity index (χ0n) is 17.6. The monoisotopic (exact) mass is 395 g/mol. The number of benzene rings is 1. The fraction of sp³-hybridized carbons (Fsp3) is 0.391. The lowest BCUT2D eigenvalue weighted by Gasteiger charge is -2.14. The van der Waals surface area contributed by atoms with E-state index in [0.717, 1.165) is 35.5 Å². The van der Waals surface area contributed by atoms with Crippen LogP contribution in [0.5, 0.6) is 5.75 Å². The number of hydrogen-bond donors (Lipinski definition) is 1. The highest BCUT2D eigenvalue weighted by Crippen LogP contribution is 2.28. The van der Waals surface area contributed by atoms with Crippen molar-refractivity contribution in [1.29, 1.82) is 0 Å². The van der Waals surface area contributed by atoms with Crippen molar-refractivity contribution in [2.75, 3.05) is 6.54 Å². The van der Waals surface area contributed by atoms with Crippen LogP contribution >= 0.6 is 0 Å². The highest BCUT2D eigenvalue weighted by Gasteiger charge is 2.13. The number of nitrogens with one attached hydrogen (secondary N) is 1. The van der Waals surface area contributed by atoms with Gasteiger partial charge in [-0.05, 0) is 61.6 Å². The second-order valence-corrected chi connectivity index (χ2v) is 7.58. The van der Waals surface area contributed by atoms with Gasteiger partial charge in [-0.1, -0.05) is 26.0 Å². The maximum absolute atomic E-state index is 12.3. The van der Waals surface area contributed by atoms with Crippen molar-refractivity contribution in [3.63, 3.8) is 0 Å². The van der Waals surface area contributed by atoms with Crippen LogP contribution in [-0.4, -0.2) is 22.2 Å². The van der Waals surface area contributed by atoms with E-state index in [1.54, 1.807) is 12.1 Å². The van der Waals surface area contributed by atoms with Gasteiger partial charge in [0.1, 0.15) is 18.1 Å². The summed E-state index contributed by atoms with van der Waals surface area (Å²) in [5, 5.41) is 7.21. The summed E-state index contributed by atoms with van der Waals surface area (Å²) in [4.78, 5) is 12.3. The van der Waals surface area contributed by atoms with E-state index in [0.29, 0.717) is 24.0 Å². The average Bonchev–Trinajstić information content (AvgIpc) is 3.32. The van der Waals surface area contributed by atoms with Crippen LogP contribution in [0.1, 0.15) is 59.3 Å². The minimum absolute atomic E-state index is 0.216. The van der Waals surface area contributed by atoms with Gasteiger partial charge in [-0.15, -0.1) is 0 Å². The largest absolute Gasteiger partial charge is 0.485 e. The van der Waals surface area contributed by atoms with Crippen molar-refractivity contribution in [3.05, 3.63) is 70.9 Å². The van der Waals surface area contributed by atoms with Crippen LogP contribution in [-0.2, 0) is 13.2 Å². The Balaban J connectivity index is 1.49. The molecule has 3 aromatic rings. The van der Waals surface area contributed by atoms with Gasteiger partial charge in [-0.25, -0.2) is 0 Å². The minimum atomic E-state index is -0.216. The molecule has 0 aliphatic carbocycles. The number of nitrogens with zero attached hydrogens (tertiary/aromatic N) is 2. The first-order valence-electron chi connectivity index (χ1n) is 10.0. The quantitative estimate of drug-likeness (QED) is 0.537. The molecular weight excluding hydrogens is 366 g/mol. The summed E-state index contributed by atoms with van der Waals surface area (Å²) in [7, 11) is 0. The maximum atomic E-state index is 12.3. The lowest BCUT2D eigenvalue weighted by Crippen LogP contribution is -2.24. The van der Waals surface area contributed by atoms with Crippen LogP contribution in [0.2, 0.25) is 0 Å². The third kappa shape index (κ3) is 5.73. The van der Waals surface area contributed by atoms with Gasteiger partial charge in [0, 0.05) is 19.3 Å². The van der Waals surface area contributed by atoms with Crippen molar-refractivity contribution in [2.45, 2.75) is 53.2 Å². The molecule has 3 rings (SSSR count). The lowest BCUT2D eigenvalue weighted by atomic mass is 10.0. The molecule has 2 heterocycles. The van der Waals surface area contributed by atoms with Crippen LogP contribution in [0.3, 0.4) is 0 Å². The molecule has 2 aromatic heterocycles. The third-order valence-corrected chi connectivity index (χ3v) is 4.67. The number of carbonyl (C=O) groups excluding carboxylic acids is 1. The molecule has 0 unspecified atom stereocenters. The van der Waals surface area contributed by atoms with Crippen LogP contribution < -0.4 is 10.1 Å². The number of hydrogen-bond acceptors (Lipinski definition) is 4. The molecule has 1 amide bonds. The summed E-state index contributed by atoms with van der Waals surface area (Å²) in [5.74, 6) is 1.93. The number of rotatable bonds is 9. The first kappa shape index (κ1) is 20.7. The molecule has 0 atom stereocenters. The average molecular weight is 396 g/mol. The Morgan fingerprint density at radius 1 is 1.21 bits per heavy atom. The van der Waals surface area contributed by atoms with Gasteiger partial charge in [-0.2, -0.15) is 5.10 Å². The molecule has 6 nitrogen and oxygen atoms in total. The van der Waals surface area contributed by atoms with Crippen molar-refractivity contribution in [2.24, 2.45) is 0 Å². The first-order valence-corrected chi connectivity index (χ1v) is 10.0. The number of furan rings is 1. The van der Waals surface area contributed by atoms with E-state index in [-0.39, 0.29) is 12.5 Å². The summed E-state index contributed by atoms with van der Waals surface area (Å²) < 4.78 is 13.5. The van der Waals surface area contributed by atoms with Crippen molar-refractivity contribution in [3.8, 4) is 5.75 Å². The van der Waals surface area contributed by atoms with E-state index in [1.165, 1.54) is 0 Å². The molecular formula is C23H29N3O3. The Labute approximate surface area is 171 Å². The molecule has 0 bridgehead atoms. The van der Waals surface area contributed by atoms with E-state index in [4.69, 9.17) is 9.15 Å². The molecule has 0 saturated carbocycles. The second kappa shape index (κ2) is 9.45. The van der Waals surface area contributed by atoms with Crippen LogP contribution in [0.4, 0.5) is 0 Å². The molecule has 0 aliphatic rings. The van der Waals surface area contributed by atoms with Gasteiger partial charge in [0.15, 0.2) is 5.76 Å². The molecule has 0 aliphatic heterocycles. The van der Waals surface area contributed by atoms with Crippen molar-refractivity contribution in [1.82, 2.24) is 15.1 Å². The molecule has 6 heteroatoms. The summed E-state index contributed by atoms with van der Waals surface area (Å²) in [6, 6.07) is 11.7. The van der Waals surface area contributed by atoms with Gasteiger partial charge >= 0.3 is 0 Å². The van der Waals surface area contributed by atoms with E-state index >= 15 is 0 Å². The Morgan fingerprint density at radius 2 is 2.03 bits per heavy atom. The Kier molecular flexibility index (Phi) is 6.75. The zero-order valence-corrected chi connectivity index (χ0v) is 17.6. The van der Waals surface area contributed by atoms with Crippen LogP contribution in [0.15, 0.2) is 47.0 Å². The van der Waals surface area contributed by atoms with Gasteiger partial charge in [0.05, 0.1) is 5.69 Å². The maximum Gasteiger partial charge on any atom is 0.286 e. The predicted molar refractivity (Wildman–Crippen MR) is 112 cm³/mol. The number of ether oxygens (including phenoxy) is 1. The SMILES string of the molecule is Cc1ccc(C(C)C)c(OCc2ccc(C(=O)NCCCn3ccc(C)n3)o2)c1. The standard InChI is InChI=1S/C23H29N3O3/c1-16(2)20-8-6-17(3)14-22(20)28-15-19-7-9-21(29-19)23(27)24-11-5-12-26-13-10-18(4)25-26/h6-10,13-14,16H,5,11-12,15H2,1-4H3,(H,24,27). The summed E-state index contributed by atoms with van der Waals surface area (Å²) >= 11 is 0. The summed E-state index contributed by atoms with van der Waals surface area (Å²) in [6.07, 6.45) is 2.74. The van der Waals surface area contributed by atoms with Gasteiger partial charge in [0.2, 0.25) is 0 Å². The smallest absolute Gasteiger partial charge is 0.286 e. The number of carbonyl (C=O) groups is 1. The van der Waals surface area contributed by atoms with E-state index in [9.17, 15) is 4.79 Å². The van der Waals surface area contributed by atoms with Crippen molar-refractivity contribution >= 4 is 5.91 Å².